The molecule has 0 unspecified atom stereocenters. The fourth-order valence-corrected chi connectivity index (χ4v) is 1.81. The molecule has 6 nitrogen and oxygen atoms in total. The third-order valence-electron chi connectivity index (χ3n) is 2.66. The van der Waals surface area contributed by atoms with Crippen molar-refractivity contribution in [1.29, 1.82) is 0 Å². The van der Waals surface area contributed by atoms with Gasteiger partial charge in [0.2, 0.25) is 5.88 Å². The van der Waals surface area contributed by atoms with Crippen LogP contribution >= 0.6 is 0 Å². The highest BCUT2D eigenvalue weighted by Gasteiger charge is 2.19. The van der Waals surface area contributed by atoms with Crippen molar-refractivity contribution in [1.82, 2.24) is 15.3 Å². The smallest absolute Gasteiger partial charge is 0.313 e. The second kappa shape index (κ2) is 5.09. The van der Waals surface area contributed by atoms with E-state index >= 15 is 0 Å². The predicted octanol–water partition coefficient (Wildman–Crippen LogP) is -0.154. The standard InChI is InChI=1S/C11H15N3O3/c1-16-10(15)5-9-13-8-3-4-12-6-7(8)11(14-9)17-2/h12H,3-6H2,1-2H3. The number of carbonyl (C=O) groups is 1. The van der Waals surface area contributed by atoms with E-state index in [1.165, 1.54) is 7.11 Å². The number of aromatic nitrogens is 2. The minimum atomic E-state index is -0.346. The average molecular weight is 237 g/mol. The Hall–Kier alpha value is -1.69. The van der Waals surface area contributed by atoms with Crippen molar-refractivity contribution in [2.24, 2.45) is 0 Å². The van der Waals surface area contributed by atoms with Gasteiger partial charge in [-0.2, -0.15) is 4.98 Å². The number of nitrogens with one attached hydrogen (secondary N) is 1. The van der Waals surface area contributed by atoms with Gasteiger partial charge in [0, 0.05) is 25.1 Å². The minimum absolute atomic E-state index is 0.0770. The summed E-state index contributed by atoms with van der Waals surface area (Å²) in [6, 6.07) is 0. The normalized spacial score (nSPS) is 14.0. The fourth-order valence-electron chi connectivity index (χ4n) is 1.81. The maximum atomic E-state index is 11.2. The molecule has 1 aliphatic rings. The molecule has 0 spiro atoms. The molecule has 0 aliphatic carbocycles. The molecule has 6 heteroatoms. The van der Waals surface area contributed by atoms with Gasteiger partial charge in [0.05, 0.1) is 19.9 Å². The number of methoxy groups -OCH3 is 2. The Morgan fingerprint density at radius 3 is 2.94 bits per heavy atom. The van der Waals surface area contributed by atoms with E-state index in [1.807, 2.05) is 0 Å². The molecule has 0 amide bonds. The minimum Gasteiger partial charge on any atom is -0.481 e. The lowest BCUT2D eigenvalue weighted by molar-refractivity contribution is -0.139. The molecule has 92 valence electrons. The third kappa shape index (κ3) is 2.52. The molecule has 0 saturated heterocycles. The second-order valence-corrected chi connectivity index (χ2v) is 3.75. The van der Waals surface area contributed by atoms with Crippen molar-refractivity contribution in [3.05, 3.63) is 17.1 Å². The van der Waals surface area contributed by atoms with Crippen molar-refractivity contribution >= 4 is 5.97 Å². The number of ether oxygens (including phenoxy) is 2. The van der Waals surface area contributed by atoms with Crippen molar-refractivity contribution in [3.8, 4) is 5.88 Å². The molecular formula is C11H15N3O3. The molecule has 0 atom stereocenters. The molecule has 2 heterocycles. The molecule has 1 aromatic rings. The van der Waals surface area contributed by atoms with Gasteiger partial charge in [0.1, 0.15) is 12.2 Å². The summed E-state index contributed by atoms with van der Waals surface area (Å²) in [4.78, 5) is 19.8. The van der Waals surface area contributed by atoms with E-state index in [-0.39, 0.29) is 12.4 Å². The first-order chi connectivity index (χ1) is 8.24. The van der Waals surface area contributed by atoms with Crippen LogP contribution in [0, 0.1) is 0 Å². The first kappa shape index (κ1) is 11.8. The van der Waals surface area contributed by atoms with Gasteiger partial charge in [0.25, 0.3) is 0 Å². The summed E-state index contributed by atoms with van der Waals surface area (Å²) < 4.78 is 9.82. The Labute approximate surface area is 99.4 Å². The lowest BCUT2D eigenvalue weighted by atomic mass is 10.1. The molecule has 0 bridgehead atoms. The zero-order valence-corrected chi connectivity index (χ0v) is 9.95. The lowest BCUT2D eigenvalue weighted by Gasteiger charge is -2.18. The molecule has 0 saturated carbocycles. The molecule has 0 radical (unpaired) electrons. The van der Waals surface area contributed by atoms with Gasteiger partial charge < -0.3 is 14.8 Å². The maximum absolute atomic E-state index is 11.2. The molecule has 1 N–H and O–H groups in total. The van der Waals surface area contributed by atoms with E-state index < -0.39 is 0 Å². The highest BCUT2D eigenvalue weighted by molar-refractivity contribution is 5.71. The van der Waals surface area contributed by atoms with Gasteiger partial charge in [0.15, 0.2) is 0 Å². The Bertz CT molecular complexity index is 417. The number of carbonyl (C=O) groups excluding carboxylic acids is 1. The zero-order chi connectivity index (χ0) is 12.3. The highest BCUT2D eigenvalue weighted by atomic mass is 16.5. The van der Waals surface area contributed by atoms with Crippen LogP contribution in [0.4, 0.5) is 0 Å². The molecular weight excluding hydrogens is 222 g/mol. The number of hydrogen-bond acceptors (Lipinski definition) is 6. The summed E-state index contributed by atoms with van der Waals surface area (Å²) in [5, 5.41) is 3.24. The monoisotopic (exact) mass is 237 g/mol. The van der Waals surface area contributed by atoms with Gasteiger partial charge >= 0.3 is 5.97 Å². The van der Waals surface area contributed by atoms with E-state index in [0.29, 0.717) is 18.2 Å². The van der Waals surface area contributed by atoms with Crippen LogP contribution in [0.25, 0.3) is 0 Å². The summed E-state index contributed by atoms with van der Waals surface area (Å²) in [7, 11) is 2.92. The fraction of sp³-hybridized carbons (Fsp3) is 0.545. The number of fused-ring (bicyclic) bond motifs is 1. The Morgan fingerprint density at radius 1 is 1.41 bits per heavy atom. The number of hydrogen-bond donors (Lipinski definition) is 1. The van der Waals surface area contributed by atoms with Crippen LogP contribution in [0.5, 0.6) is 5.88 Å². The Kier molecular flexibility index (Phi) is 3.53. The molecule has 2 rings (SSSR count). The van der Waals surface area contributed by atoms with Crippen LogP contribution in [-0.2, 0) is 28.9 Å². The highest BCUT2D eigenvalue weighted by Crippen LogP contribution is 2.21. The lowest BCUT2D eigenvalue weighted by Crippen LogP contribution is -2.26. The topological polar surface area (TPSA) is 73.3 Å². The third-order valence-corrected chi connectivity index (χ3v) is 2.66. The SMILES string of the molecule is COC(=O)Cc1nc2c(c(OC)n1)CNCC2. The van der Waals surface area contributed by atoms with E-state index in [9.17, 15) is 4.79 Å². The van der Waals surface area contributed by atoms with Crippen LogP contribution in [0.3, 0.4) is 0 Å². The Morgan fingerprint density at radius 2 is 2.24 bits per heavy atom. The maximum Gasteiger partial charge on any atom is 0.313 e. The summed E-state index contributed by atoms with van der Waals surface area (Å²) >= 11 is 0. The van der Waals surface area contributed by atoms with Crippen molar-refractivity contribution in [2.45, 2.75) is 19.4 Å². The first-order valence-corrected chi connectivity index (χ1v) is 5.44. The molecule has 17 heavy (non-hydrogen) atoms. The summed E-state index contributed by atoms with van der Waals surface area (Å²) in [6.45, 7) is 1.59. The van der Waals surface area contributed by atoms with Gasteiger partial charge in [-0.05, 0) is 0 Å². The van der Waals surface area contributed by atoms with E-state index in [4.69, 9.17) is 4.74 Å². The number of esters is 1. The van der Waals surface area contributed by atoms with Crippen LogP contribution in [0.15, 0.2) is 0 Å². The number of nitrogens with zero attached hydrogens (tertiary/aromatic N) is 2. The zero-order valence-electron chi connectivity index (χ0n) is 9.95. The quantitative estimate of drug-likeness (QED) is 0.737. The summed E-state index contributed by atoms with van der Waals surface area (Å²) in [5.41, 5.74) is 1.93. The van der Waals surface area contributed by atoms with Crippen LogP contribution in [0.1, 0.15) is 17.1 Å². The van der Waals surface area contributed by atoms with Gasteiger partial charge in [-0.25, -0.2) is 4.98 Å². The Balaban J connectivity index is 2.32. The van der Waals surface area contributed by atoms with Gasteiger partial charge in [-0.15, -0.1) is 0 Å². The predicted molar refractivity (Wildman–Crippen MR) is 59.7 cm³/mol. The largest absolute Gasteiger partial charge is 0.481 e. The van der Waals surface area contributed by atoms with E-state index in [0.717, 1.165) is 24.2 Å². The molecule has 0 aromatic carbocycles. The van der Waals surface area contributed by atoms with E-state index in [2.05, 4.69) is 20.0 Å². The van der Waals surface area contributed by atoms with Crippen LogP contribution in [0.2, 0.25) is 0 Å². The van der Waals surface area contributed by atoms with Gasteiger partial charge in [-0.1, -0.05) is 0 Å². The molecule has 1 aromatic heterocycles. The second-order valence-electron chi connectivity index (χ2n) is 3.75. The van der Waals surface area contributed by atoms with Gasteiger partial charge in [-0.3, -0.25) is 4.79 Å². The summed E-state index contributed by atoms with van der Waals surface area (Å²) in [5.74, 6) is 0.649. The summed E-state index contributed by atoms with van der Waals surface area (Å²) in [6.07, 6.45) is 0.899. The number of rotatable bonds is 3. The van der Waals surface area contributed by atoms with E-state index in [1.54, 1.807) is 7.11 Å². The first-order valence-electron chi connectivity index (χ1n) is 5.44. The average Bonchev–Trinajstić information content (AvgIpc) is 2.37. The van der Waals surface area contributed by atoms with Crippen LogP contribution in [-0.4, -0.2) is 36.7 Å². The van der Waals surface area contributed by atoms with Crippen molar-refractivity contribution in [2.75, 3.05) is 20.8 Å². The molecule has 1 aliphatic heterocycles. The molecule has 0 fully saturated rings. The van der Waals surface area contributed by atoms with Crippen molar-refractivity contribution < 1.29 is 14.3 Å². The van der Waals surface area contributed by atoms with Crippen LogP contribution < -0.4 is 10.1 Å². The van der Waals surface area contributed by atoms with Crippen molar-refractivity contribution in [3.63, 3.8) is 0 Å².